The molecule has 0 rings (SSSR count). The molecule has 0 fully saturated rings. The number of carboxylic acids is 1. The van der Waals surface area contributed by atoms with E-state index in [9.17, 15) is 14.7 Å². The molecule has 20 heavy (non-hydrogen) atoms. The minimum atomic E-state index is -0.987. The second kappa shape index (κ2) is 8.85. The molecule has 0 heterocycles. The standard InChI is InChI=1S/C12H24N2O6/c1-14(2,3)6-9(4-11(16)17)20-10(7-15)8-19-12(18)5-13/h9-10,15H,4-8,13H2,1-3H3/p+1. The van der Waals surface area contributed by atoms with Crippen molar-refractivity contribution < 1.29 is 33.8 Å². The van der Waals surface area contributed by atoms with Crippen molar-refractivity contribution in [1.29, 1.82) is 0 Å². The number of likely N-dealkylation sites (N-methyl/N-ethyl adjacent to an activating group) is 1. The second-order valence-corrected chi connectivity index (χ2v) is 5.52. The number of ether oxygens (including phenoxy) is 2. The van der Waals surface area contributed by atoms with Crippen molar-refractivity contribution in [3.63, 3.8) is 0 Å². The third-order valence-corrected chi connectivity index (χ3v) is 2.34. The monoisotopic (exact) mass is 293 g/mol. The Morgan fingerprint density at radius 3 is 2.25 bits per heavy atom. The van der Waals surface area contributed by atoms with Gasteiger partial charge in [-0.25, -0.2) is 0 Å². The van der Waals surface area contributed by atoms with Crippen molar-refractivity contribution >= 4 is 11.9 Å². The Balaban J connectivity index is 4.49. The van der Waals surface area contributed by atoms with E-state index in [0.717, 1.165) is 0 Å². The molecular formula is C12H25N2O6+. The van der Waals surface area contributed by atoms with Gasteiger partial charge < -0.3 is 29.9 Å². The molecular weight excluding hydrogens is 268 g/mol. The van der Waals surface area contributed by atoms with Crippen LogP contribution >= 0.6 is 0 Å². The van der Waals surface area contributed by atoms with E-state index in [2.05, 4.69) is 0 Å². The van der Waals surface area contributed by atoms with Crippen LogP contribution in [0.3, 0.4) is 0 Å². The lowest BCUT2D eigenvalue weighted by molar-refractivity contribution is -0.873. The van der Waals surface area contributed by atoms with Gasteiger partial charge in [0.2, 0.25) is 0 Å². The molecule has 0 bridgehead atoms. The number of aliphatic hydroxyl groups is 1. The van der Waals surface area contributed by atoms with Crippen LogP contribution in [0.15, 0.2) is 0 Å². The summed E-state index contributed by atoms with van der Waals surface area (Å²) in [4.78, 5) is 21.8. The number of nitrogens with zero attached hydrogens (tertiary/aromatic N) is 1. The predicted octanol–water partition coefficient (Wildman–Crippen LogP) is -1.58. The average molecular weight is 293 g/mol. The van der Waals surface area contributed by atoms with E-state index in [1.807, 2.05) is 21.1 Å². The van der Waals surface area contributed by atoms with Gasteiger partial charge in [0.25, 0.3) is 0 Å². The average Bonchev–Trinajstić information content (AvgIpc) is 2.30. The topological polar surface area (TPSA) is 119 Å². The second-order valence-electron chi connectivity index (χ2n) is 5.52. The van der Waals surface area contributed by atoms with E-state index in [0.29, 0.717) is 11.0 Å². The van der Waals surface area contributed by atoms with Gasteiger partial charge in [0.05, 0.1) is 40.7 Å². The summed E-state index contributed by atoms with van der Waals surface area (Å²) in [5.41, 5.74) is 5.09. The van der Waals surface area contributed by atoms with Crippen LogP contribution in [-0.4, -0.2) is 86.3 Å². The van der Waals surface area contributed by atoms with Crippen LogP contribution < -0.4 is 5.73 Å². The van der Waals surface area contributed by atoms with Crippen LogP contribution in [0, 0.1) is 0 Å². The Hall–Kier alpha value is -1.22. The molecule has 0 aliphatic carbocycles. The van der Waals surface area contributed by atoms with Gasteiger partial charge in [-0.3, -0.25) is 9.59 Å². The van der Waals surface area contributed by atoms with Crippen molar-refractivity contribution in [1.82, 2.24) is 0 Å². The van der Waals surface area contributed by atoms with Crippen molar-refractivity contribution in [3.05, 3.63) is 0 Å². The maximum Gasteiger partial charge on any atom is 0.319 e. The fourth-order valence-electron chi connectivity index (χ4n) is 1.61. The Morgan fingerprint density at radius 1 is 1.25 bits per heavy atom. The van der Waals surface area contributed by atoms with E-state index in [1.54, 1.807) is 0 Å². The molecule has 0 amide bonds. The largest absolute Gasteiger partial charge is 0.481 e. The molecule has 0 saturated heterocycles. The zero-order valence-corrected chi connectivity index (χ0v) is 12.2. The summed E-state index contributed by atoms with van der Waals surface area (Å²) < 4.78 is 10.8. The first-order chi connectivity index (χ1) is 9.17. The zero-order valence-electron chi connectivity index (χ0n) is 12.2. The van der Waals surface area contributed by atoms with Gasteiger partial charge in [-0.15, -0.1) is 0 Å². The van der Waals surface area contributed by atoms with Gasteiger partial charge in [-0.05, 0) is 0 Å². The first-order valence-corrected chi connectivity index (χ1v) is 6.32. The number of rotatable bonds is 10. The van der Waals surface area contributed by atoms with Gasteiger partial charge in [0.15, 0.2) is 0 Å². The van der Waals surface area contributed by atoms with Crippen LogP contribution in [0.5, 0.6) is 0 Å². The molecule has 0 aliphatic rings. The molecule has 8 heteroatoms. The van der Waals surface area contributed by atoms with Crippen LogP contribution in [0.1, 0.15) is 6.42 Å². The van der Waals surface area contributed by atoms with E-state index in [-0.39, 0.29) is 26.2 Å². The molecule has 0 aliphatic heterocycles. The molecule has 118 valence electrons. The number of aliphatic carboxylic acids is 1. The Kier molecular flexibility index (Phi) is 8.31. The number of aliphatic hydroxyl groups excluding tert-OH is 1. The van der Waals surface area contributed by atoms with E-state index >= 15 is 0 Å². The highest BCUT2D eigenvalue weighted by Crippen LogP contribution is 2.08. The quantitative estimate of drug-likeness (QED) is 0.328. The number of nitrogens with two attached hydrogens (primary N) is 1. The minimum absolute atomic E-state index is 0.153. The van der Waals surface area contributed by atoms with Gasteiger partial charge in [0.1, 0.15) is 25.4 Å². The van der Waals surface area contributed by atoms with Crippen LogP contribution in [-0.2, 0) is 19.1 Å². The molecule has 0 aromatic heterocycles. The fourth-order valence-corrected chi connectivity index (χ4v) is 1.61. The summed E-state index contributed by atoms with van der Waals surface area (Å²) in [6, 6.07) is 0. The first kappa shape index (κ1) is 18.8. The van der Waals surface area contributed by atoms with Crippen molar-refractivity contribution in [2.75, 3.05) is 47.4 Å². The number of carbonyl (C=O) groups is 2. The van der Waals surface area contributed by atoms with E-state index in [4.69, 9.17) is 20.3 Å². The molecule has 0 aromatic carbocycles. The SMILES string of the molecule is C[N+](C)(C)CC(CC(=O)O)OC(CO)COC(=O)CN. The highest BCUT2D eigenvalue weighted by Gasteiger charge is 2.25. The molecule has 2 atom stereocenters. The molecule has 2 unspecified atom stereocenters. The number of hydrogen-bond acceptors (Lipinski definition) is 6. The lowest BCUT2D eigenvalue weighted by Crippen LogP contribution is -2.45. The zero-order chi connectivity index (χ0) is 15.8. The van der Waals surface area contributed by atoms with Gasteiger partial charge in [0, 0.05) is 0 Å². The number of hydrogen-bond donors (Lipinski definition) is 3. The predicted molar refractivity (Wildman–Crippen MR) is 70.9 cm³/mol. The van der Waals surface area contributed by atoms with Crippen LogP contribution in [0.2, 0.25) is 0 Å². The first-order valence-electron chi connectivity index (χ1n) is 6.32. The summed E-state index contributed by atoms with van der Waals surface area (Å²) in [6.45, 7) is -0.325. The van der Waals surface area contributed by atoms with E-state index < -0.39 is 24.1 Å². The lowest BCUT2D eigenvalue weighted by Gasteiger charge is -2.30. The summed E-state index contributed by atoms with van der Waals surface area (Å²) in [5.74, 6) is -1.59. The fraction of sp³-hybridized carbons (Fsp3) is 0.833. The molecule has 0 aromatic rings. The number of carbonyl (C=O) groups excluding carboxylic acids is 1. The van der Waals surface area contributed by atoms with Crippen LogP contribution in [0.25, 0.3) is 0 Å². The Labute approximate surface area is 118 Å². The Bertz CT molecular complexity index is 316. The Morgan fingerprint density at radius 2 is 1.85 bits per heavy atom. The summed E-state index contributed by atoms with van der Waals surface area (Å²) >= 11 is 0. The normalized spacial score (nSPS) is 14.7. The number of esters is 1. The number of carboxylic acid groups (broad SMARTS) is 1. The molecule has 0 spiro atoms. The summed E-state index contributed by atoms with van der Waals surface area (Å²) in [5, 5.41) is 18.1. The minimum Gasteiger partial charge on any atom is -0.481 e. The smallest absolute Gasteiger partial charge is 0.319 e. The highest BCUT2D eigenvalue weighted by atomic mass is 16.6. The van der Waals surface area contributed by atoms with Crippen molar-refractivity contribution in [2.24, 2.45) is 5.73 Å². The van der Waals surface area contributed by atoms with Gasteiger partial charge in [-0.1, -0.05) is 0 Å². The molecule has 0 radical (unpaired) electrons. The third-order valence-electron chi connectivity index (χ3n) is 2.34. The van der Waals surface area contributed by atoms with Crippen LogP contribution in [0.4, 0.5) is 0 Å². The lowest BCUT2D eigenvalue weighted by atomic mass is 10.2. The molecule has 8 nitrogen and oxygen atoms in total. The van der Waals surface area contributed by atoms with Gasteiger partial charge >= 0.3 is 11.9 Å². The maximum atomic E-state index is 10.9. The third kappa shape index (κ3) is 9.68. The summed E-state index contributed by atoms with van der Waals surface area (Å²) in [6.07, 6.45) is -1.53. The maximum absolute atomic E-state index is 10.9. The van der Waals surface area contributed by atoms with E-state index in [1.165, 1.54) is 0 Å². The van der Waals surface area contributed by atoms with Crippen molar-refractivity contribution in [2.45, 2.75) is 18.6 Å². The van der Waals surface area contributed by atoms with Crippen molar-refractivity contribution in [3.8, 4) is 0 Å². The van der Waals surface area contributed by atoms with Gasteiger partial charge in [-0.2, -0.15) is 0 Å². The molecule has 4 N–H and O–H groups in total. The highest BCUT2D eigenvalue weighted by molar-refractivity contribution is 5.71. The molecule has 0 saturated carbocycles. The summed E-state index contributed by atoms with van der Waals surface area (Å²) in [7, 11) is 5.71. The number of quaternary nitrogens is 1.